The lowest BCUT2D eigenvalue weighted by Gasteiger charge is -2.33. The summed E-state index contributed by atoms with van der Waals surface area (Å²) in [6, 6.07) is 25.1. The highest BCUT2D eigenvalue weighted by molar-refractivity contribution is 7.98. The van der Waals surface area contributed by atoms with E-state index in [1.54, 1.807) is 28.8 Å². The first-order valence-electron chi connectivity index (χ1n) is 13.7. The van der Waals surface area contributed by atoms with Crippen LogP contribution in [0.25, 0.3) is 0 Å². The Kier molecular flexibility index (Phi) is 11.6. The molecular weight excluding hydrogens is 547 g/mol. The Bertz CT molecular complexity index is 1200. The molecule has 7 heteroatoms. The molecule has 0 spiro atoms. The molecule has 0 bridgehead atoms. The highest BCUT2D eigenvalue weighted by Gasteiger charge is 2.31. The molecule has 3 aromatic rings. The zero-order valence-corrected chi connectivity index (χ0v) is 24.5. The number of rotatable bonds is 12. The maximum absolute atomic E-state index is 13.8. The van der Waals surface area contributed by atoms with E-state index in [9.17, 15) is 9.59 Å². The van der Waals surface area contributed by atoms with Crippen molar-refractivity contribution in [2.24, 2.45) is 0 Å². The quantitative estimate of drug-likeness (QED) is 0.222. The van der Waals surface area contributed by atoms with E-state index in [-0.39, 0.29) is 24.4 Å². The van der Waals surface area contributed by atoms with Gasteiger partial charge in [-0.2, -0.15) is 11.8 Å². The Morgan fingerprint density at radius 3 is 2.18 bits per heavy atom. The molecule has 0 saturated heterocycles. The van der Waals surface area contributed by atoms with Gasteiger partial charge >= 0.3 is 0 Å². The smallest absolute Gasteiger partial charge is 0.243 e. The molecule has 4 nitrogen and oxygen atoms in total. The fraction of sp³-hybridized carbons (Fsp3) is 0.375. The van der Waals surface area contributed by atoms with Crippen molar-refractivity contribution in [3.05, 3.63) is 106 Å². The average Bonchev–Trinajstić information content (AvgIpc) is 2.96. The second kappa shape index (κ2) is 15.4. The van der Waals surface area contributed by atoms with Crippen LogP contribution in [-0.2, 0) is 28.3 Å². The normalized spacial score (nSPS) is 14.5. The summed E-state index contributed by atoms with van der Waals surface area (Å²) in [4.78, 5) is 29.4. The van der Waals surface area contributed by atoms with E-state index in [1.807, 2.05) is 54.6 Å². The zero-order chi connectivity index (χ0) is 27.5. The van der Waals surface area contributed by atoms with E-state index in [0.717, 1.165) is 42.6 Å². The van der Waals surface area contributed by atoms with Crippen molar-refractivity contribution < 1.29 is 9.59 Å². The monoisotopic (exact) mass is 582 g/mol. The van der Waals surface area contributed by atoms with Gasteiger partial charge in [0, 0.05) is 36.9 Å². The summed E-state index contributed by atoms with van der Waals surface area (Å²) in [5, 5.41) is 4.19. The average molecular weight is 584 g/mol. The molecule has 1 N–H and O–H groups in total. The van der Waals surface area contributed by atoms with Crippen LogP contribution in [0.3, 0.4) is 0 Å². The van der Waals surface area contributed by atoms with Crippen molar-refractivity contribution in [3.8, 4) is 0 Å². The fourth-order valence-electron chi connectivity index (χ4n) is 5.00. The van der Waals surface area contributed by atoms with Gasteiger partial charge in [0.15, 0.2) is 0 Å². The molecule has 0 aromatic heterocycles. The summed E-state index contributed by atoms with van der Waals surface area (Å²) in [7, 11) is 0. The van der Waals surface area contributed by atoms with Gasteiger partial charge in [-0.05, 0) is 41.7 Å². The summed E-state index contributed by atoms with van der Waals surface area (Å²) in [6.07, 6.45) is 6.23. The summed E-state index contributed by atoms with van der Waals surface area (Å²) >= 11 is 14.2. The van der Waals surface area contributed by atoms with Crippen molar-refractivity contribution in [2.75, 3.05) is 5.75 Å². The molecule has 0 radical (unpaired) electrons. The minimum absolute atomic E-state index is 0.0404. The minimum Gasteiger partial charge on any atom is -0.352 e. The van der Waals surface area contributed by atoms with Gasteiger partial charge in [-0.25, -0.2) is 0 Å². The molecular formula is C32H36Cl2N2O2S. The van der Waals surface area contributed by atoms with E-state index in [2.05, 4.69) is 17.4 Å². The maximum atomic E-state index is 13.8. The molecule has 1 saturated carbocycles. The molecule has 3 aromatic carbocycles. The highest BCUT2D eigenvalue weighted by Crippen LogP contribution is 2.25. The van der Waals surface area contributed by atoms with E-state index in [4.69, 9.17) is 23.2 Å². The predicted octanol–water partition coefficient (Wildman–Crippen LogP) is 7.71. The lowest BCUT2D eigenvalue weighted by Crippen LogP contribution is -2.52. The van der Waals surface area contributed by atoms with Gasteiger partial charge in [0.2, 0.25) is 11.8 Å². The number of halogens is 2. The Labute approximate surface area is 246 Å². The molecule has 39 heavy (non-hydrogen) atoms. The molecule has 0 heterocycles. The molecule has 0 aliphatic heterocycles. The SMILES string of the molecule is O=C(NC1CCCCC1)[C@@H](Cc1ccccc1)N(Cc1ccc(Cl)c(Cl)c1)C(=O)CCSCc1ccccc1. The molecule has 2 amide bonds. The van der Waals surface area contributed by atoms with Gasteiger partial charge in [0.25, 0.3) is 0 Å². The number of hydrogen-bond donors (Lipinski definition) is 1. The lowest BCUT2D eigenvalue weighted by atomic mass is 9.94. The Balaban J connectivity index is 1.54. The molecule has 1 atom stereocenters. The number of carbonyl (C=O) groups is 2. The Morgan fingerprint density at radius 1 is 0.846 bits per heavy atom. The lowest BCUT2D eigenvalue weighted by molar-refractivity contribution is -0.141. The van der Waals surface area contributed by atoms with Crippen molar-refractivity contribution in [1.82, 2.24) is 10.2 Å². The third-order valence-corrected chi connectivity index (χ3v) is 8.90. The first-order chi connectivity index (χ1) is 19.0. The predicted molar refractivity (Wildman–Crippen MR) is 163 cm³/mol. The third-order valence-electron chi connectivity index (χ3n) is 7.13. The summed E-state index contributed by atoms with van der Waals surface area (Å²) in [5.74, 6) is 1.39. The number of carbonyl (C=O) groups excluding carboxylic acids is 2. The van der Waals surface area contributed by atoms with Crippen LogP contribution in [0, 0.1) is 0 Å². The fourth-order valence-corrected chi connectivity index (χ4v) is 6.21. The van der Waals surface area contributed by atoms with Crippen LogP contribution in [0.1, 0.15) is 55.2 Å². The first-order valence-corrected chi connectivity index (χ1v) is 15.6. The zero-order valence-electron chi connectivity index (χ0n) is 22.2. The van der Waals surface area contributed by atoms with Crippen LogP contribution in [0.5, 0.6) is 0 Å². The summed E-state index contributed by atoms with van der Waals surface area (Å²) in [5.41, 5.74) is 3.10. The molecule has 0 unspecified atom stereocenters. The Morgan fingerprint density at radius 2 is 1.51 bits per heavy atom. The number of benzene rings is 3. The van der Waals surface area contributed by atoms with E-state index >= 15 is 0 Å². The minimum atomic E-state index is -0.629. The van der Waals surface area contributed by atoms with Crippen LogP contribution in [0.15, 0.2) is 78.9 Å². The number of hydrogen-bond acceptors (Lipinski definition) is 3. The van der Waals surface area contributed by atoms with Gasteiger partial charge in [-0.15, -0.1) is 0 Å². The molecule has 4 rings (SSSR count). The Hall–Kier alpha value is -2.47. The number of thioether (sulfide) groups is 1. The van der Waals surface area contributed by atoms with Gasteiger partial charge in [-0.1, -0.05) is 109 Å². The van der Waals surface area contributed by atoms with Crippen LogP contribution < -0.4 is 5.32 Å². The maximum Gasteiger partial charge on any atom is 0.243 e. The van der Waals surface area contributed by atoms with Crippen molar-refractivity contribution in [2.45, 2.75) is 69.3 Å². The second-order valence-electron chi connectivity index (χ2n) is 10.1. The topological polar surface area (TPSA) is 49.4 Å². The number of nitrogens with one attached hydrogen (secondary N) is 1. The van der Waals surface area contributed by atoms with Gasteiger partial charge in [0.1, 0.15) is 6.04 Å². The van der Waals surface area contributed by atoms with Crippen LogP contribution in [0.4, 0.5) is 0 Å². The first kappa shape index (κ1) is 29.5. The van der Waals surface area contributed by atoms with Gasteiger partial charge in [0.05, 0.1) is 10.0 Å². The largest absolute Gasteiger partial charge is 0.352 e. The van der Waals surface area contributed by atoms with Crippen molar-refractivity contribution in [3.63, 3.8) is 0 Å². The van der Waals surface area contributed by atoms with Crippen LogP contribution in [-0.4, -0.2) is 34.6 Å². The molecule has 1 aliphatic carbocycles. The van der Waals surface area contributed by atoms with Gasteiger partial charge in [-0.3, -0.25) is 9.59 Å². The van der Waals surface area contributed by atoms with E-state index in [0.29, 0.717) is 28.6 Å². The molecule has 1 fully saturated rings. The van der Waals surface area contributed by atoms with Crippen molar-refractivity contribution in [1.29, 1.82) is 0 Å². The van der Waals surface area contributed by atoms with Gasteiger partial charge < -0.3 is 10.2 Å². The summed E-state index contributed by atoms with van der Waals surface area (Å²) < 4.78 is 0. The molecule has 1 aliphatic rings. The summed E-state index contributed by atoms with van der Waals surface area (Å²) in [6.45, 7) is 0.286. The van der Waals surface area contributed by atoms with E-state index in [1.165, 1.54) is 12.0 Å². The number of amides is 2. The van der Waals surface area contributed by atoms with Crippen molar-refractivity contribution >= 4 is 46.8 Å². The van der Waals surface area contributed by atoms with Crippen LogP contribution in [0.2, 0.25) is 10.0 Å². The second-order valence-corrected chi connectivity index (χ2v) is 12.0. The van der Waals surface area contributed by atoms with Crippen LogP contribution >= 0.6 is 35.0 Å². The number of nitrogens with zero attached hydrogens (tertiary/aromatic N) is 1. The van der Waals surface area contributed by atoms with E-state index < -0.39 is 6.04 Å². The highest BCUT2D eigenvalue weighted by atomic mass is 35.5. The standard InChI is InChI=1S/C32H36Cl2N2O2S/c33-28-17-16-26(20-29(28)34)22-36(31(37)18-19-39-23-25-12-6-2-7-13-25)30(21-24-10-4-1-5-11-24)32(38)35-27-14-8-3-9-15-27/h1-2,4-7,10-13,16-17,20,27,30H,3,8-9,14-15,18-19,21-23H2,(H,35,38)/t30-/m1/s1. The third kappa shape index (κ3) is 9.30. The molecule has 206 valence electrons.